The first-order chi connectivity index (χ1) is 15.0. The first kappa shape index (κ1) is 27.3. The molecule has 0 bridgehead atoms. The molecule has 180 valence electrons. The number of nitrogens with one attached hydrogen (secondary N) is 2. The highest BCUT2D eigenvalue weighted by atomic mass is 16.5. The third-order valence-corrected chi connectivity index (χ3v) is 5.26. The maximum atomic E-state index is 12.8. The Bertz CT molecular complexity index is 723. The zero-order chi connectivity index (χ0) is 24.4. The summed E-state index contributed by atoms with van der Waals surface area (Å²) in [5.74, 6) is -3.11. The second-order valence-corrected chi connectivity index (χ2v) is 8.51. The molecule has 0 radical (unpaired) electrons. The van der Waals surface area contributed by atoms with E-state index in [4.69, 9.17) is 10.5 Å². The predicted octanol–water partition coefficient (Wildman–Crippen LogP) is 0.601. The van der Waals surface area contributed by atoms with Gasteiger partial charge in [0.2, 0.25) is 5.91 Å². The molecule has 0 saturated carbocycles. The minimum Gasteiger partial charge on any atom is -0.452 e. The van der Waals surface area contributed by atoms with Crippen molar-refractivity contribution in [3.63, 3.8) is 0 Å². The Balaban J connectivity index is 2.77. The monoisotopic (exact) mass is 452 g/mol. The number of hydrogen-bond donors (Lipinski definition) is 3. The molecule has 0 aromatic carbocycles. The molecule has 1 fully saturated rings. The Morgan fingerprint density at radius 1 is 1.25 bits per heavy atom. The van der Waals surface area contributed by atoms with E-state index in [1.807, 2.05) is 0 Å². The first-order valence-corrected chi connectivity index (χ1v) is 11.0. The topological polar surface area (TPSA) is 148 Å². The lowest BCUT2D eigenvalue weighted by molar-refractivity contribution is -0.163. The molecule has 1 saturated heterocycles. The van der Waals surface area contributed by atoms with Crippen molar-refractivity contribution in [2.45, 2.75) is 78.0 Å². The molecule has 3 amide bonds. The van der Waals surface area contributed by atoms with E-state index in [1.54, 1.807) is 19.9 Å². The zero-order valence-corrected chi connectivity index (χ0v) is 19.4. The van der Waals surface area contributed by atoms with E-state index in [2.05, 4.69) is 17.3 Å². The summed E-state index contributed by atoms with van der Waals surface area (Å²) in [4.78, 5) is 60.8. The van der Waals surface area contributed by atoms with Crippen LogP contribution >= 0.6 is 0 Å². The number of hydrazine groups is 1. The number of rotatable bonds is 12. The third-order valence-electron chi connectivity index (χ3n) is 5.26. The van der Waals surface area contributed by atoms with Gasteiger partial charge in [-0.15, -0.1) is 6.58 Å². The van der Waals surface area contributed by atoms with Gasteiger partial charge in [-0.2, -0.15) is 0 Å². The van der Waals surface area contributed by atoms with Gasteiger partial charge in [-0.05, 0) is 45.4 Å². The van der Waals surface area contributed by atoms with Crippen LogP contribution in [0, 0.1) is 11.8 Å². The number of nitrogens with zero attached hydrogens (tertiary/aromatic N) is 1. The summed E-state index contributed by atoms with van der Waals surface area (Å²) in [6, 6.07) is -1.56. The van der Waals surface area contributed by atoms with E-state index >= 15 is 0 Å². The van der Waals surface area contributed by atoms with Crippen LogP contribution in [0.4, 0.5) is 0 Å². The highest BCUT2D eigenvalue weighted by molar-refractivity contribution is 5.90. The molecule has 4 atom stereocenters. The number of hydrogen-bond acceptors (Lipinski definition) is 7. The fraction of sp³-hybridized carbons (Fsp3) is 0.682. The van der Waals surface area contributed by atoms with E-state index < -0.39 is 47.8 Å². The van der Waals surface area contributed by atoms with Crippen molar-refractivity contribution in [3.05, 3.63) is 12.7 Å². The van der Waals surface area contributed by atoms with E-state index in [0.717, 1.165) is 0 Å². The SMILES string of the molecule is C=CCC(CCC(C)=O)C(=O)OC(C(=O)NC(C)C(=O)N1CCCC(C(N)=O)N1)C(C)C. The summed E-state index contributed by atoms with van der Waals surface area (Å²) >= 11 is 0. The predicted molar refractivity (Wildman–Crippen MR) is 118 cm³/mol. The second kappa shape index (κ2) is 12.9. The van der Waals surface area contributed by atoms with Crippen molar-refractivity contribution in [3.8, 4) is 0 Å². The smallest absolute Gasteiger partial charge is 0.310 e. The highest BCUT2D eigenvalue weighted by Gasteiger charge is 2.34. The molecule has 10 heteroatoms. The summed E-state index contributed by atoms with van der Waals surface area (Å²) in [5, 5.41) is 3.87. The number of amides is 3. The zero-order valence-electron chi connectivity index (χ0n) is 19.4. The van der Waals surface area contributed by atoms with Crippen LogP contribution in [0.25, 0.3) is 0 Å². The van der Waals surface area contributed by atoms with Gasteiger partial charge in [0.05, 0.1) is 5.92 Å². The number of esters is 1. The molecule has 32 heavy (non-hydrogen) atoms. The number of ketones is 1. The van der Waals surface area contributed by atoms with Gasteiger partial charge in [0.1, 0.15) is 17.9 Å². The summed E-state index contributed by atoms with van der Waals surface area (Å²) < 4.78 is 5.48. The lowest BCUT2D eigenvalue weighted by Gasteiger charge is -2.34. The van der Waals surface area contributed by atoms with Gasteiger partial charge in [-0.25, -0.2) is 5.43 Å². The van der Waals surface area contributed by atoms with Crippen LogP contribution in [0.15, 0.2) is 12.7 Å². The molecule has 0 aromatic heterocycles. The normalized spacial score (nSPS) is 18.9. The van der Waals surface area contributed by atoms with E-state index in [-0.39, 0.29) is 18.1 Å². The van der Waals surface area contributed by atoms with Gasteiger partial charge in [-0.1, -0.05) is 19.9 Å². The number of nitrogens with two attached hydrogens (primary N) is 1. The van der Waals surface area contributed by atoms with Gasteiger partial charge in [0, 0.05) is 13.0 Å². The third kappa shape index (κ3) is 8.41. The Hall–Kier alpha value is -2.75. The summed E-state index contributed by atoms with van der Waals surface area (Å²) in [6.07, 6.45) is 2.47. The largest absolute Gasteiger partial charge is 0.452 e. The molecule has 0 aliphatic carbocycles. The van der Waals surface area contributed by atoms with Crippen LogP contribution < -0.4 is 16.5 Å². The molecular weight excluding hydrogens is 416 g/mol. The van der Waals surface area contributed by atoms with Crippen molar-refractivity contribution >= 4 is 29.5 Å². The Labute approximate surface area is 189 Å². The van der Waals surface area contributed by atoms with Crippen molar-refractivity contribution in [2.75, 3.05) is 6.54 Å². The number of carbonyl (C=O) groups is 5. The molecule has 1 rings (SSSR count). The van der Waals surface area contributed by atoms with E-state index in [0.29, 0.717) is 32.2 Å². The van der Waals surface area contributed by atoms with E-state index in [1.165, 1.54) is 18.9 Å². The Morgan fingerprint density at radius 3 is 2.44 bits per heavy atom. The lowest BCUT2D eigenvalue weighted by atomic mass is 9.98. The van der Waals surface area contributed by atoms with E-state index in [9.17, 15) is 24.0 Å². The van der Waals surface area contributed by atoms with Crippen molar-refractivity contribution in [1.82, 2.24) is 15.8 Å². The van der Waals surface area contributed by atoms with Crippen LogP contribution in [-0.4, -0.2) is 59.2 Å². The molecule has 1 aliphatic heterocycles. The standard InChI is InChI=1S/C22H36N4O6/c1-6-8-16(11-10-14(4)27)22(31)32-18(13(2)3)20(29)24-15(5)21(30)26-12-7-9-17(25-26)19(23)28/h6,13,15-18,25H,1,7-12H2,2-5H3,(H2,23,28)(H,24,29). The van der Waals surface area contributed by atoms with Gasteiger partial charge < -0.3 is 20.6 Å². The van der Waals surface area contributed by atoms with Crippen LogP contribution in [-0.2, 0) is 28.7 Å². The number of carbonyl (C=O) groups excluding carboxylic acids is 5. The fourth-order valence-electron chi connectivity index (χ4n) is 3.37. The molecular formula is C22H36N4O6. The molecule has 1 aliphatic rings. The Morgan fingerprint density at radius 2 is 1.91 bits per heavy atom. The van der Waals surface area contributed by atoms with Gasteiger partial charge >= 0.3 is 5.97 Å². The number of allylic oxidation sites excluding steroid dienone is 1. The van der Waals surface area contributed by atoms with Crippen molar-refractivity contribution in [2.24, 2.45) is 17.6 Å². The minimum absolute atomic E-state index is 0.0396. The number of ether oxygens (including phenoxy) is 1. The lowest BCUT2D eigenvalue weighted by Crippen LogP contribution is -2.60. The second-order valence-electron chi connectivity index (χ2n) is 8.51. The fourth-order valence-corrected chi connectivity index (χ4v) is 3.37. The van der Waals surface area contributed by atoms with Crippen LogP contribution in [0.5, 0.6) is 0 Å². The van der Waals surface area contributed by atoms with Crippen LogP contribution in [0.2, 0.25) is 0 Å². The molecule has 4 unspecified atom stereocenters. The maximum absolute atomic E-state index is 12.8. The average molecular weight is 453 g/mol. The summed E-state index contributed by atoms with van der Waals surface area (Å²) in [7, 11) is 0. The minimum atomic E-state index is -1.10. The number of primary amides is 1. The van der Waals surface area contributed by atoms with Gasteiger partial charge in [0.25, 0.3) is 11.8 Å². The first-order valence-electron chi connectivity index (χ1n) is 11.0. The number of Topliss-reactive ketones (excluding diaryl/α,β-unsaturated/α-hetero) is 1. The van der Waals surface area contributed by atoms with Crippen molar-refractivity contribution in [1.29, 1.82) is 0 Å². The van der Waals surface area contributed by atoms with Crippen LogP contribution in [0.1, 0.15) is 59.8 Å². The molecule has 0 aromatic rings. The molecule has 4 N–H and O–H groups in total. The summed E-state index contributed by atoms with van der Waals surface area (Å²) in [6.45, 7) is 10.4. The van der Waals surface area contributed by atoms with Crippen molar-refractivity contribution < 1.29 is 28.7 Å². The van der Waals surface area contributed by atoms with Crippen LogP contribution in [0.3, 0.4) is 0 Å². The summed E-state index contributed by atoms with van der Waals surface area (Å²) in [5.41, 5.74) is 8.09. The Kier molecular flexibility index (Phi) is 11.0. The molecule has 1 heterocycles. The van der Waals surface area contributed by atoms with Gasteiger partial charge in [-0.3, -0.25) is 24.2 Å². The maximum Gasteiger partial charge on any atom is 0.310 e. The molecule has 0 spiro atoms. The molecule has 10 nitrogen and oxygen atoms in total. The average Bonchev–Trinajstić information content (AvgIpc) is 2.73. The van der Waals surface area contributed by atoms with Gasteiger partial charge in [0.15, 0.2) is 6.10 Å². The highest BCUT2D eigenvalue weighted by Crippen LogP contribution is 2.18. The quantitative estimate of drug-likeness (QED) is 0.290.